The summed E-state index contributed by atoms with van der Waals surface area (Å²) in [6.45, 7) is 4.05. The summed E-state index contributed by atoms with van der Waals surface area (Å²) < 4.78 is 6.59. The molecule has 0 amide bonds. The fourth-order valence-corrected chi connectivity index (χ4v) is 1.74. The third kappa shape index (κ3) is 6.47. The number of para-hydroxylation sites is 2. The Morgan fingerprint density at radius 2 is 1.65 bits per heavy atom. The van der Waals surface area contributed by atoms with Crippen molar-refractivity contribution in [3.63, 3.8) is 0 Å². The first-order valence-corrected chi connectivity index (χ1v) is 6.79. The van der Waals surface area contributed by atoms with Gasteiger partial charge in [0.25, 0.3) is 0 Å². The molecule has 1 aromatic heterocycles. The van der Waals surface area contributed by atoms with E-state index in [0.29, 0.717) is 6.61 Å². The topological polar surface area (TPSA) is 44.1 Å². The Kier molecular flexibility index (Phi) is 9.11. The molecule has 2 aromatic carbocycles. The number of ether oxygens (including phenoxy) is 1. The zero-order valence-electron chi connectivity index (χ0n) is 12.6. The van der Waals surface area contributed by atoms with Gasteiger partial charge in [0, 0.05) is 38.4 Å². The first-order valence-electron chi connectivity index (χ1n) is 6.79. The number of hydrogen-bond acceptors (Lipinski definition) is 3. The SMILES string of the molecule is O=c1[c-]nccn1-c1ccccc1.[CH2-]COc1ccccc1.[Y]. The van der Waals surface area contributed by atoms with Gasteiger partial charge in [-0.1, -0.05) is 48.8 Å². The van der Waals surface area contributed by atoms with Gasteiger partial charge in [-0.15, -0.1) is 6.20 Å². The molecule has 0 unspecified atom stereocenters. The number of benzene rings is 2. The second-order valence-corrected chi connectivity index (χ2v) is 4.21. The van der Waals surface area contributed by atoms with Gasteiger partial charge in [-0.2, -0.15) is 0 Å². The summed E-state index contributed by atoms with van der Waals surface area (Å²) in [7, 11) is 0. The first-order chi connectivity index (χ1) is 10.8. The summed E-state index contributed by atoms with van der Waals surface area (Å²) in [6, 6.07) is 19.0. The number of rotatable bonds is 3. The predicted molar refractivity (Wildman–Crippen MR) is 86.0 cm³/mol. The number of hydrogen-bond donors (Lipinski definition) is 0. The summed E-state index contributed by atoms with van der Waals surface area (Å²) in [6.07, 6.45) is 5.51. The summed E-state index contributed by atoms with van der Waals surface area (Å²) in [4.78, 5) is 14.9. The van der Waals surface area contributed by atoms with E-state index in [2.05, 4.69) is 18.1 Å². The molecular weight excluding hydrogens is 365 g/mol. The third-order valence-corrected chi connectivity index (χ3v) is 2.72. The molecule has 0 aliphatic carbocycles. The van der Waals surface area contributed by atoms with E-state index in [-0.39, 0.29) is 38.3 Å². The Bertz CT molecular complexity index is 731. The molecule has 5 heteroatoms. The van der Waals surface area contributed by atoms with Crippen molar-refractivity contribution in [2.75, 3.05) is 6.61 Å². The zero-order chi connectivity index (χ0) is 15.6. The average molecular weight is 381 g/mol. The van der Waals surface area contributed by atoms with Crippen molar-refractivity contribution in [1.29, 1.82) is 0 Å². The van der Waals surface area contributed by atoms with E-state index in [0.717, 1.165) is 11.4 Å². The Morgan fingerprint density at radius 1 is 1.04 bits per heavy atom. The van der Waals surface area contributed by atoms with Crippen LogP contribution in [0.2, 0.25) is 0 Å². The summed E-state index contributed by atoms with van der Waals surface area (Å²) in [5, 5.41) is 0. The van der Waals surface area contributed by atoms with Crippen LogP contribution in [0.3, 0.4) is 0 Å². The third-order valence-electron chi connectivity index (χ3n) is 2.72. The minimum atomic E-state index is -0.242. The van der Waals surface area contributed by atoms with Gasteiger partial charge >= 0.3 is 0 Å². The van der Waals surface area contributed by atoms with Crippen molar-refractivity contribution in [3.05, 3.63) is 96.5 Å². The van der Waals surface area contributed by atoms with Crippen molar-refractivity contribution in [3.8, 4) is 11.4 Å². The molecular formula is C18H16N2O2Y-2. The van der Waals surface area contributed by atoms with Crippen LogP contribution in [0.15, 0.2) is 77.9 Å². The van der Waals surface area contributed by atoms with E-state index in [1.54, 1.807) is 6.20 Å². The van der Waals surface area contributed by atoms with E-state index in [4.69, 9.17) is 4.74 Å². The molecule has 0 saturated carbocycles. The van der Waals surface area contributed by atoms with Crippen molar-refractivity contribution in [2.24, 2.45) is 0 Å². The van der Waals surface area contributed by atoms with Crippen molar-refractivity contribution < 1.29 is 37.4 Å². The smallest absolute Gasteiger partial charge is 0.180 e. The molecule has 0 saturated heterocycles. The van der Waals surface area contributed by atoms with Gasteiger partial charge in [-0.3, -0.25) is 4.79 Å². The quantitative estimate of drug-likeness (QED) is 0.656. The van der Waals surface area contributed by atoms with Crippen LogP contribution in [0.1, 0.15) is 0 Å². The zero-order valence-corrected chi connectivity index (χ0v) is 15.5. The molecule has 0 aliphatic heterocycles. The standard InChI is InChI=1S/C10H7N2O.C8H9O.Y/c13-10-8-11-6-7-12(10)9-4-2-1-3-5-9;1-2-9-8-6-4-3-5-7-8;/h1-7H;3-7H,1-2H2;/q2*-1;. The molecule has 1 heterocycles. The van der Waals surface area contributed by atoms with Crippen LogP contribution in [-0.4, -0.2) is 16.2 Å². The number of aromatic nitrogens is 2. The fourth-order valence-electron chi connectivity index (χ4n) is 1.74. The maximum absolute atomic E-state index is 11.3. The van der Waals surface area contributed by atoms with Gasteiger partial charge in [0.1, 0.15) is 5.75 Å². The van der Waals surface area contributed by atoms with Crippen LogP contribution in [0.4, 0.5) is 0 Å². The molecule has 0 spiro atoms. The number of nitrogens with zero attached hydrogens (tertiary/aromatic N) is 2. The molecule has 115 valence electrons. The maximum atomic E-state index is 11.3. The van der Waals surface area contributed by atoms with E-state index in [9.17, 15) is 4.79 Å². The molecule has 0 N–H and O–H groups in total. The monoisotopic (exact) mass is 381 g/mol. The minimum absolute atomic E-state index is 0. The average Bonchev–Trinajstić information content (AvgIpc) is 2.58. The van der Waals surface area contributed by atoms with Crippen LogP contribution in [-0.2, 0) is 32.7 Å². The van der Waals surface area contributed by atoms with E-state index in [1.807, 2.05) is 60.7 Å². The minimum Gasteiger partial charge on any atom is -0.525 e. The first kappa shape index (κ1) is 19.3. The Balaban J connectivity index is 0.000000235. The van der Waals surface area contributed by atoms with Gasteiger partial charge in [0.05, 0.1) is 0 Å². The summed E-state index contributed by atoms with van der Waals surface area (Å²) in [5.74, 6) is 0.882. The van der Waals surface area contributed by atoms with E-state index >= 15 is 0 Å². The van der Waals surface area contributed by atoms with Gasteiger partial charge in [-0.05, 0) is 30.9 Å². The maximum Gasteiger partial charge on any atom is 0.180 e. The van der Waals surface area contributed by atoms with Crippen LogP contribution < -0.4 is 10.3 Å². The van der Waals surface area contributed by atoms with Crippen LogP contribution >= 0.6 is 0 Å². The van der Waals surface area contributed by atoms with Crippen molar-refractivity contribution in [2.45, 2.75) is 0 Å². The Labute approximate surface area is 161 Å². The predicted octanol–water partition coefficient (Wildman–Crippen LogP) is 2.93. The van der Waals surface area contributed by atoms with Crippen LogP contribution in [0, 0.1) is 13.1 Å². The van der Waals surface area contributed by atoms with E-state index < -0.39 is 0 Å². The molecule has 3 aromatic rings. The second-order valence-electron chi connectivity index (χ2n) is 4.21. The fraction of sp³-hybridized carbons (Fsp3) is 0.0556. The molecule has 0 atom stereocenters. The Morgan fingerprint density at radius 3 is 2.22 bits per heavy atom. The van der Waals surface area contributed by atoms with Gasteiger partial charge < -0.3 is 21.2 Å². The molecule has 23 heavy (non-hydrogen) atoms. The van der Waals surface area contributed by atoms with Crippen LogP contribution in [0.25, 0.3) is 5.69 Å². The molecule has 0 aliphatic rings. The molecule has 3 rings (SSSR count). The molecule has 0 fully saturated rings. The summed E-state index contributed by atoms with van der Waals surface area (Å²) in [5.41, 5.74) is 0.583. The van der Waals surface area contributed by atoms with E-state index in [1.165, 1.54) is 10.8 Å². The van der Waals surface area contributed by atoms with Gasteiger partial charge in [-0.25, -0.2) is 0 Å². The molecule has 0 bridgehead atoms. The largest absolute Gasteiger partial charge is 0.525 e. The van der Waals surface area contributed by atoms with Gasteiger partial charge in [0.2, 0.25) is 0 Å². The normalized spacial score (nSPS) is 9.09. The van der Waals surface area contributed by atoms with Crippen molar-refractivity contribution in [1.82, 2.24) is 9.55 Å². The Hall–Kier alpha value is -1.78. The van der Waals surface area contributed by atoms with Crippen molar-refractivity contribution >= 4 is 0 Å². The molecule has 1 radical (unpaired) electrons. The summed E-state index contributed by atoms with van der Waals surface area (Å²) >= 11 is 0. The van der Waals surface area contributed by atoms with Gasteiger partial charge in [0.15, 0.2) is 5.56 Å². The second kappa shape index (κ2) is 10.9. The molecule has 4 nitrogen and oxygen atoms in total. The van der Waals surface area contributed by atoms with Crippen LogP contribution in [0.5, 0.6) is 5.75 Å².